The van der Waals surface area contributed by atoms with Crippen LogP contribution in [-0.2, 0) is 22.8 Å². The van der Waals surface area contributed by atoms with Gasteiger partial charge in [0.05, 0.1) is 22.6 Å². The molecular weight excluding hydrogens is 545 g/mol. The molecule has 1 amide bonds. The molecule has 1 saturated heterocycles. The zero-order chi connectivity index (χ0) is 29.6. The number of nitrogens with zero attached hydrogens (tertiary/aromatic N) is 2. The smallest absolute Gasteiger partial charge is 0.416 e. The molecule has 3 aliphatic carbocycles. The third-order valence-corrected chi connectivity index (χ3v) is 10.5. The lowest BCUT2D eigenvalue weighted by atomic mass is 9.48. The van der Waals surface area contributed by atoms with Crippen LogP contribution in [-0.4, -0.2) is 68.8 Å². The summed E-state index contributed by atoms with van der Waals surface area (Å²) in [5.74, 6) is 0.831. The van der Waals surface area contributed by atoms with Crippen LogP contribution in [0.4, 0.5) is 13.2 Å². The van der Waals surface area contributed by atoms with Gasteiger partial charge in [0.2, 0.25) is 5.91 Å². The van der Waals surface area contributed by atoms with Gasteiger partial charge in [-0.05, 0) is 100 Å². The topological polar surface area (TPSA) is 73.2 Å². The minimum Gasteiger partial charge on any atom is -0.504 e. The second-order valence-electron chi connectivity index (χ2n) is 13.2. The summed E-state index contributed by atoms with van der Waals surface area (Å²) >= 11 is 0. The van der Waals surface area contributed by atoms with Crippen molar-refractivity contribution in [1.29, 1.82) is 0 Å². The second kappa shape index (κ2) is 9.48. The molecule has 2 aromatic carbocycles. The van der Waals surface area contributed by atoms with Crippen molar-refractivity contribution in [2.75, 3.05) is 13.1 Å². The van der Waals surface area contributed by atoms with E-state index in [9.17, 15) is 28.2 Å². The minimum atomic E-state index is -4.47. The first-order chi connectivity index (χ1) is 19.9. The van der Waals surface area contributed by atoms with E-state index in [-0.39, 0.29) is 29.3 Å². The van der Waals surface area contributed by atoms with E-state index >= 15 is 0 Å². The van der Waals surface area contributed by atoms with E-state index < -0.39 is 34.9 Å². The monoisotopic (exact) mass is 582 g/mol. The number of aliphatic hydroxyl groups is 1. The Morgan fingerprint density at radius 3 is 2.69 bits per heavy atom. The number of phenols is 1. The molecule has 3 fully saturated rings. The van der Waals surface area contributed by atoms with Gasteiger partial charge in [-0.25, -0.2) is 0 Å². The molecule has 42 heavy (non-hydrogen) atoms. The first kappa shape index (κ1) is 27.8. The largest absolute Gasteiger partial charge is 0.504 e. The maximum atomic E-state index is 13.8. The summed E-state index contributed by atoms with van der Waals surface area (Å²) in [4.78, 5) is 18.0. The van der Waals surface area contributed by atoms with Crippen molar-refractivity contribution in [1.82, 2.24) is 9.80 Å². The van der Waals surface area contributed by atoms with Crippen LogP contribution in [0.2, 0.25) is 0 Å². The summed E-state index contributed by atoms with van der Waals surface area (Å²) in [7, 11) is 0. The van der Waals surface area contributed by atoms with Crippen LogP contribution in [0, 0.1) is 5.92 Å². The Hall–Kier alpha value is -3.04. The van der Waals surface area contributed by atoms with Crippen molar-refractivity contribution < 1.29 is 32.9 Å². The summed E-state index contributed by atoms with van der Waals surface area (Å²) in [5.41, 5.74) is -0.314. The molecule has 7 rings (SSSR count). The van der Waals surface area contributed by atoms with Crippen molar-refractivity contribution >= 4 is 12.0 Å². The van der Waals surface area contributed by atoms with Crippen LogP contribution < -0.4 is 4.74 Å². The number of amides is 1. The summed E-state index contributed by atoms with van der Waals surface area (Å²) in [6, 6.07) is 7.85. The van der Waals surface area contributed by atoms with Crippen molar-refractivity contribution in [3.05, 3.63) is 64.7 Å². The van der Waals surface area contributed by atoms with Crippen LogP contribution in [0.25, 0.3) is 6.08 Å². The van der Waals surface area contributed by atoms with Crippen molar-refractivity contribution in [2.24, 2.45) is 5.92 Å². The number of halogens is 3. The molecule has 5 atom stereocenters. The number of alkyl halides is 3. The van der Waals surface area contributed by atoms with E-state index in [0.717, 1.165) is 36.3 Å². The lowest BCUT2D eigenvalue weighted by molar-refractivity contribution is -0.202. The van der Waals surface area contributed by atoms with E-state index in [1.165, 1.54) is 37.1 Å². The number of benzene rings is 2. The lowest BCUT2D eigenvalue weighted by Crippen LogP contribution is -2.78. The molecule has 0 aromatic heterocycles. The number of phenolic OH excluding ortho intramolecular Hbond substituents is 1. The highest BCUT2D eigenvalue weighted by atomic mass is 19.4. The number of ether oxygens (including phenoxy) is 1. The van der Waals surface area contributed by atoms with E-state index in [0.29, 0.717) is 37.4 Å². The molecule has 1 spiro atoms. The van der Waals surface area contributed by atoms with E-state index in [1.807, 2.05) is 19.9 Å². The number of carbonyl (C=O) groups is 1. The Kier molecular flexibility index (Phi) is 6.27. The van der Waals surface area contributed by atoms with Crippen LogP contribution in [0.1, 0.15) is 68.2 Å². The van der Waals surface area contributed by atoms with Gasteiger partial charge < -0.3 is 19.8 Å². The number of likely N-dealkylation sites (tertiary alicyclic amines) is 1. The molecule has 2 bridgehead atoms. The quantitative estimate of drug-likeness (QED) is 0.453. The normalized spacial score (nSPS) is 31.7. The SMILES string of the molecule is CC(C)N(C(=O)C=Cc1cccc(C(F)(F)F)c1)C1CC[C@@]2(O)[C@H]3Cc4ccc(O)c5c4[C@@]2(CCN3CC2CC2)C1O5. The van der Waals surface area contributed by atoms with Gasteiger partial charge in [0, 0.05) is 30.3 Å². The number of rotatable bonds is 6. The number of hydrogen-bond acceptors (Lipinski definition) is 5. The van der Waals surface area contributed by atoms with Crippen LogP contribution in [0.15, 0.2) is 42.5 Å². The van der Waals surface area contributed by atoms with E-state index in [1.54, 1.807) is 11.0 Å². The molecule has 224 valence electrons. The maximum Gasteiger partial charge on any atom is 0.416 e. The lowest BCUT2D eigenvalue weighted by Gasteiger charge is -2.65. The Morgan fingerprint density at radius 1 is 1.19 bits per heavy atom. The fourth-order valence-electron chi connectivity index (χ4n) is 8.61. The summed E-state index contributed by atoms with van der Waals surface area (Å²) in [6.45, 7) is 5.63. The van der Waals surface area contributed by atoms with Gasteiger partial charge in [-0.3, -0.25) is 9.69 Å². The van der Waals surface area contributed by atoms with E-state index in [4.69, 9.17) is 4.74 Å². The first-order valence-corrected chi connectivity index (χ1v) is 15.1. The molecule has 2 N–H and O–H groups in total. The molecule has 5 aliphatic rings. The van der Waals surface area contributed by atoms with Gasteiger partial charge in [-0.15, -0.1) is 0 Å². The zero-order valence-corrected chi connectivity index (χ0v) is 23.9. The minimum absolute atomic E-state index is 0.0457. The summed E-state index contributed by atoms with van der Waals surface area (Å²) in [6.07, 6.45) is 2.56. The fraction of sp³-hybridized carbons (Fsp3) is 0.545. The maximum absolute atomic E-state index is 13.8. The second-order valence-corrected chi connectivity index (χ2v) is 13.2. The Balaban J connectivity index is 1.25. The highest BCUT2D eigenvalue weighted by molar-refractivity contribution is 5.92. The van der Waals surface area contributed by atoms with Crippen LogP contribution in [0.3, 0.4) is 0 Å². The van der Waals surface area contributed by atoms with Crippen LogP contribution >= 0.6 is 0 Å². The summed E-state index contributed by atoms with van der Waals surface area (Å²) in [5, 5.41) is 23.6. The van der Waals surface area contributed by atoms with Gasteiger partial charge in [0.15, 0.2) is 11.5 Å². The van der Waals surface area contributed by atoms with Gasteiger partial charge in [-0.2, -0.15) is 13.2 Å². The van der Waals surface area contributed by atoms with Gasteiger partial charge in [-0.1, -0.05) is 18.2 Å². The Morgan fingerprint density at radius 2 is 1.98 bits per heavy atom. The molecule has 2 heterocycles. The predicted octanol–water partition coefficient (Wildman–Crippen LogP) is 5.29. The zero-order valence-electron chi connectivity index (χ0n) is 23.9. The van der Waals surface area contributed by atoms with Gasteiger partial charge in [0.25, 0.3) is 0 Å². The standard InChI is InChI=1S/C33H37F3N2O4/c1-19(2)38(27(40)11-8-20-4-3-5-23(16-20)33(34,35)36)24-12-13-32(41)26-17-22-9-10-25(39)29-28(22)31(32,30(24)42-29)14-15-37(26)18-21-6-7-21/h3-5,8-11,16,19,21,24,26,30,39,41H,6-7,12-15,17-18H2,1-2H3/t24?,26-,30?,31+,32-/m1/s1. The fourth-order valence-corrected chi connectivity index (χ4v) is 8.61. The molecule has 6 nitrogen and oxygen atoms in total. The summed E-state index contributed by atoms with van der Waals surface area (Å²) < 4.78 is 46.4. The highest BCUT2D eigenvalue weighted by Gasteiger charge is 2.73. The average Bonchev–Trinajstić information content (AvgIpc) is 3.68. The molecule has 2 unspecified atom stereocenters. The van der Waals surface area contributed by atoms with Crippen molar-refractivity contribution in [3.63, 3.8) is 0 Å². The third-order valence-electron chi connectivity index (χ3n) is 10.5. The molecule has 2 aliphatic heterocycles. The van der Waals surface area contributed by atoms with Crippen molar-refractivity contribution in [3.8, 4) is 11.5 Å². The van der Waals surface area contributed by atoms with Crippen LogP contribution in [0.5, 0.6) is 11.5 Å². The Bertz CT molecular complexity index is 1450. The van der Waals surface area contributed by atoms with Gasteiger partial charge >= 0.3 is 6.18 Å². The molecule has 2 saturated carbocycles. The number of aromatic hydroxyl groups is 1. The average molecular weight is 583 g/mol. The first-order valence-electron chi connectivity index (χ1n) is 15.1. The number of carbonyl (C=O) groups excluding carboxylic acids is 1. The van der Waals surface area contributed by atoms with Crippen molar-refractivity contribution in [2.45, 2.75) is 93.8 Å². The third kappa shape index (κ3) is 4.03. The van der Waals surface area contributed by atoms with Gasteiger partial charge in [0.1, 0.15) is 6.10 Å². The van der Waals surface area contributed by atoms with E-state index in [2.05, 4.69) is 4.90 Å². The molecule has 0 radical (unpaired) electrons. The Labute approximate surface area is 243 Å². The molecular formula is C33H37F3N2O4. The molecule has 9 heteroatoms. The number of hydrogen-bond donors (Lipinski definition) is 2. The molecule has 2 aromatic rings. The number of piperidine rings is 1. The highest BCUT2D eigenvalue weighted by Crippen LogP contribution is 2.66. The predicted molar refractivity (Wildman–Crippen MR) is 151 cm³/mol.